The number of aliphatic hydroxyl groups is 1. The molecule has 55 heavy (non-hydrogen) atoms. The van der Waals surface area contributed by atoms with Gasteiger partial charge >= 0.3 is 17.7 Å². The highest BCUT2D eigenvalue weighted by atomic mass is 19.1. The number of carboxylic acids is 1. The number of H-pyrrole nitrogens is 1. The molecule has 0 bridgehead atoms. The van der Waals surface area contributed by atoms with Gasteiger partial charge in [-0.3, -0.25) is 28.7 Å². The number of phenolic OH excluding ortho intramolecular Hbond substituents is 1. The fraction of sp³-hybridized carbons (Fsp3) is 0.400. The van der Waals surface area contributed by atoms with E-state index in [1.54, 1.807) is 0 Å². The largest absolute Gasteiger partial charge is 0.508 e. The third kappa shape index (κ3) is 11.9. The monoisotopic (exact) mass is 770 g/mol. The number of rotatable bonds is 16. The Balaban J connectivity index is 1.51. The van der Waals surface area contributed by atoms with Crippen LogP contribution in [0.2, 0.25) is 0 Å². The maximum Gasteiger partial charge on any atom is 0.330 e. The summed E-state index contributed by atoms with van der Waals surface area (Å²) in [6.45, 7) is 2.58. The van der Waals surface area contributed by atoms with E-state index < -0.39 is 95.4 Å². The van der Waals surface area contributed by atoms with Crippen LogP contribution in [0.5, 0.6) is 5.75 Å². The predicted molar refractivity (Wildman–Crippen MR) is 191 cm³/mol. The van der Waals surface area contributed by atoms with Crippen molar-refractivity contribution in [3.63, 3.8) is 0 Å². The molecule has 1 aliphatic heterocycles. The molecule has 11 N–H and O–H groups in total. The van der Waals surface area contributed by atoms with Gasteiger partial charge in [-0.25, -0.2) is 18.8 Å². The van der Waals surface area contributed by atoms with E-state index >= 15 is 0 Å². The van der Waals surface area contributed by atoms with E-state index in [0.29, 0.717) is 11.1 Å². The van der Waals surface area contributed by atoms with Crippen LogP contribution in [0.3, 0.4) is 0 Å². The van der Waals surface area contributed by atoms with Gasteiger partial charge in [-0.15, -0.1) is 0 Å². The number of hydrogen-bond acceptors (Lipinski definition) is 11. The van der Waals surface area contributed by atoms with Crippen molar-refractivity contribution in [3.8, 4) is 5.75 Å². The number of halogens is 1. The number of nitrogens with one attached hydrogen (secondary N) is 6. The molecule has 20 heteroatoms. The highest BCUT2D eigenvalue weighted by molar-refractivity contribution is 5.93. The smallest absolute Gasteiger partial charge is 0.330 e. The first-order valence-electron chi connectivity index (χ1n) is 17.1. The number of nitrogens with two attached hydrogens (primary N) is 1. The Morgan fingerprint density at radius 3 is 2.09 bits per heavy atom. The molecule has 0 spiro atoms. The van der Waals surface area contributed by atoms with Crippen LogP contribution in [0.15, 0.2) is 70.4 Å². The molecular weight excluding hydrogens is 727 g/mol. The lowest BCUT2D eigenvalue weighted by Gasteiger charge is -2.28. The van der Waals surface area contributed by atoms with Gasteiger partial charge in [0.05, 0.1) is 18.2 Å². The average Bonchev–Trinajstić information content (AvgIpc) is 3.50. The second kappa shape index (κ2) is 18.8. The van der Waals surface area contributed by atoms with Crippen LogP contribution in [-0.4, -0.2) is 104 Å². The van der Waals surface area contributed by atoms with E-state index in [-0.39, 0.29) is 31.6 Å². The van der Waals surface area contributed by atoms with Crippen molar-refractivity contribution in [2.75, 3.05) is 6.54 Å². The van der Waals surface area contributed by atoms with Crippen molar-refractivity contribution in [3.05, 3.63) is 98.6 Å². The van der Waals surface area contributed by atoms with Crippen molar-refractivity contribution in [2.24, 2.45) is 5.73 Å². The standard InChI is InChI=1S/C35H43FN8O11/c1-17(37)29(48)39-18(2)28(31(50)38-16-23-15-26(46)32(55-23)44-12-11-27(47)42-35(44)54)43-30(49)24(13-19-3-7-21(36)8-4-19)40-34(53)41-25(33(51)52)14-20-5-9-22(45)10-6-20/h3-12,17-18,23-26,28,32,45-46H,13-16,37H2,1-2H3,(H,38,50)(H,39,48)(H,43,49)(H,51,52)(H2,40,41,53)(H,42,47,54)/t17-,18-,23+,24-,25-,26+,28-,32+/m0/s1. The fourth-order valence-electron chi connectivity index (χ4n) is 5.67. The number of carbonyl (C=O) groups is 5. The van der Waals surface area contributed by atoms with E-state index in [2.05, 4.69) is 31.6 Å². The molecule has 5 amide bonds. The lowest BCUT2D eigenvalue weighted by Crippen LogP contribution is -2.62. The molecule has 1 aromatic heterocycles. The number of aromatic hydroxyl groups is 1. The van der Waals surface area contributed by atoms with Crippen molar-refractivity contribution in [1.29, 1.82) is 0 Å². The van der Waals surface area contributed by atoms with Gasteiger partial charge in [0.1, 0.15) is 35.8 Å². The third-order valence-electron chi connectivity index (χ3n) is 8.61. The molecule has 0 aliphatic carbocycles. The summed E-state index contributed by atoms with van der Waals surface area (Å²) in [6.07, 6.45) is -2.53. The molecule has 3 aromatic rings. The molecule has 0 radical (unpaired) electrons. The minimum atomic E-state index is -1.51. The number of amides is 5. The zero-order valence-corrected chi connectivity index (χ0v) is 29.7. The number of urea groups is 1. The number of hydrogen-bond donors (Lipinski definition) is 10. The summed E-state index contributed by atoms with van der Waals surface area (Å²) in [5.41, 5.74) is 5.08. The number of carboxylic acid groups (broad SMARTS) is 1. The molecule has 2 heterocycles. The lowest BCUT2D eigenvalue weighted by atomic mass is 10.0. The van der Waals surface area contributed by atoms with Crippen LogP contribution < -0.4 is 43.6 Å². The van der Waals surface area contributed by atoms with Gasteiger partial charge < -0.3 is 52.4 Å². The van der Waals surface area contributed by atoms with Crippen LogP contribution in [-0.2, 0) is 36.8 Å². The summed E-state index contributed by atoms with van der Waals surface area (Å²) in [5.74, 6) is -4.45. The molecule has 1 saturated heterocycles. The average molecular weight is 771 g/mol. The quantitative estimate of drug-likeness (QED) is 0.0764. The Kier molecular flexibility index (Phi) is 14.2. The van der Waals surface area contributed by atoms with Crippen molar-refractivity contribution >= 4 is 29.7 Å². The maximum atomic E-state index is 13.9. The first-order valence-corrected chi connectivity index (χ1v) is 17.1. The van der Waals surface area contributed by atoms with Crippen LogP contribution >= 0.6 is 0 Å². The van der Waals surface area contributed by atoms with E-state index in [0.717, 1.165) is 29.0 Å². The summed E-state index contributed by atoms with van der Waals surface area (Å²) in [4.78, 5) is 91.1. The Labute approximate surface area is 312 Å². The second-order valence-electron chi connectivity index (χ2n) is 13.0. The highest BCUT2D eigenvalue weighted by Gasteiger charge is 2.37. The molecule has 19 nitrogen and oxygen atoms in total. The number of aliphatic hydroxyl groups excluding tert-OH is 1. The lowest BCUT2D eigenvalue weighted by molar-refractivity contribution is -0.139. The molecular formula is C35H43FN8O11. The SMILES string of the molecule is C[C@H](N)C(=O)N[C@@H](C)[C@H](NC(=O)[C@H](Cc1ccc(F)cc1)NC(=O)N[C@@H](Cc1ccc(O)cc1)C(=O)O)C(=O)NC[C@H]1C[C@@H](O)[C@H](n2ccc(=O)[nH]c2=O)O1. The van der Waals surface area contributed by atoms with Crippen molar-refractivity contribution in [1.82, 2.24) is 36.1 Å². The molecule has 2 aromatic carbocycles. The fourth-order valence-corrected chi connectivity index (χ4v) is 5.67. The zero-order chi connectivity index (χ0) is 40.4. The van der Waals surface area contributed by atoms with Crippen molar-refractivity contribution < 1.29 is 48.4 Å². The summed E-state index contributed by atoms with van der Waals surface area (Å²) in [6, 6.07) is 4.06. The summed E-state index contributed by atoms with van der Waals surface area (Å²) in [7, 11) is 0. The number of phenols is 1. The van der Waals surface area contributed by atoms with E-state index in [4.69, 9.17) is 10.5 Å². The van der Waals surface area contributed by atoms with Gasteiger partial charge in [0, 0.05) is 38.1 Å². The van der Waals surface area contributed by atoms with Gasteiger partial charge in [0.25, 0.3) is 5.56 Å². The van der Waals surface area contributed by atoms with Crippen LogP contribution in [0.25, 0.3) is 0 Å². The molecule has 1 fully saturated rings. The summed E-state index contributed by atoms with van der Waals surface area (Å²) >= 11 is 0. The third-order valence-corrected chi connectivity index (χ3v) is 8.61. The molecule has 8 atom stereocenters. The highest BCUT2D eigenvalue weighted by Crippen LogP contribution is 2.27. The number of aromatic nitrogens is 2. The van der Waals surface area contributed by atoms with Crippen molar-refractivity contribution in [2.45, 2.75) is 81.8 Å². The molecule has 1 aliphatic rings. The van der Waals surface area contributed by atoms with Crippen LogP contribution in [0, 0.1) is 5.82 Å². The number of aliphatic carboxylic acids is 1. The Bertz CT molecular complexity index is 1950. The van der Waals surface area contributed by atoms with Gasteiger partial charge in [0.2, 0.25) is 17.7 Å². The minimum absolute atomic E-state index is 0.0344. The first-order chi connectivity index (χ1) is 26.0. The Morgan fingerprint density at radius 1 is 0.891 bits per heavy atom. The maximum absolute atomic E-state index is 13.9. The van der Waals surface area contributed by atoms with Gasteiger partial charge in [0.15, 0.2) is 6.23 Å². The number of aromatic amines is 1. The molecule has 0 saturated carbocycles. The molecule has 4 rings (SSSR count). The number of ether oxygens (including phenoxy) is 1. The molecule has 296 valence electrons. The Morgan fingerprint density at radius 2 is 1.49 bits per heavy atom. The first kappa shape index (κ1) is 41.6. The van der Waals surface area contributed by atoms with E-state index in [1.165, 1.54) is 50.2 Å². The second-order valence-corrected chi connectivity index (χ2v) is 13.0. The summed E-state index contributed by atoms with van der Waals surface area (Å²) in [5, 5.41) is 42.3. The van der Waals surface area contributed by atoms with Gasteiger partial charge in [-0.1, -0.05) is 24.3 Å². The Hall–Kier alpha value is -6.12. The zero-order valence-electron chi connectivity index (χ0n) is 29.7. The van der Waals surface area contributed by atoms with Crippen LogP contribution in [0.1, 0.15) is 37.6 Å². The summed E-state index contributed by atoms with van der Waals surface area (Å²) < 4.78 is 20.5. The minimum Gasteiger partial charge on any atom is -0.508 e. The van der Waals surface area contributed by atoms with E-state index in [1.807, 2.05) is 0 Å². The molecule has 0 unspecified atom stereocenters. The topological polar surface area (TPSA) is 296 Å². The number of nitrogens with zero attached hydrogens (tertiary/aromatic N) is 1. The van der Waals surface area contributed by atoms with Gasteiger partial charge in [-0.2, -0.15) is 0 Å². The van der Waals surface area contributed by atoms with Crippen LogP contribution in [0.4, 0.5) is 9.18 Å². The predicted octanol–water partition coefficient (Wildman–Crippen LogP) is -1.91. The van der Waals surface area contributed by atoms with Gasteiger partial charge in [-0.05, 0) is 49.2 Å². The number of benzene rings is 2. The number of carbonyl (C=O) groups excluding carboxylic acids is 4. The van der Waals surface area contributed by atoms with E-state index in [9.17, 15) is 53.3 Å². The normalized spacial score (nSPS) is 19.2.